The number of hydrogen-bond acceptors (Lipinski definition) is 4. The smallest absolute Gasteiger partial charge is 0.270 e. The van der Waals surface area contributed by atoms with Crippen LogP contribution in [-0.2, 0) is 4.74 Å². The third-order valence-electron chi connectivity index (χ3n) is 4.61. The van der Waals surface area contributed by atoms with Crippen molar-refractivity contribution in [1.29, 1.82) is 0 Å². The minimum Gasteiger partial charge on any atom is -0.378 e. The second-order valence-electron chi connectivity index (χ2n) is 6.65. The molecular formula is C19H25N3O3. The second-order valence-corrected chi connectivity index (χ2v) is 6.65. The van der Waals surface area contributed by atoms with Crippen LogP contribution in [0.5, 0.6) is 0 Å². The maximum Gasteiger partial charge on any atom is 0.270 e. The fraction of sp³-hybridized carbons (Fsp3) is 0.526. The van der Waals surface area contributed by atoms with Gasteiger partial charge in [0.2, 0.25) is 0 Å². The summed E-state index contributed by atoms with van der Waals surface area (Å²) >= 11 is 0. The number of pyridine rings is 1. The molecule has 3 rings (SSSR count). The molecule has 1 fully saturated rings. The summed E-state index contributed by atoms with van der Waals surface area (Å²) in [6, 6.07) is 3.65. The summed E-state index contributed by atoms with van der Waals surface area (Å²) in [5.74, 6) is -0.383. The van der Waals surface area contributed by atoms with Crippen molar-refractivity contribution in [3.8, 4) is 0 Å². The van der Waals surface area contributed by atoms with Gasteiger partial charge < -0.3 is 10.1 Å². The van der Waals surface area contributed by atoms with Gasteiger partial charge in [-0.15, -0.1) is 0 Å². The molecule has 1 saturated carbocycles. The van der Waals surface area contributed by atoms with Crippen LogP contribution in [0.1, 0.15) is 54.4 Å². The summed E-state index contributed by atoms with van der Waals surface area (Å²) in [7, 11) is 0. The number of fused-ring (bicyclic) bond motifs is 1. The number of carbonyl (C=O) groups is 1. The van der Waals surface area contributed by atoms with Gasteiger partial charge in [0.1, 0.15) is 11.2 Å². The number of aryl methyl sites for hydroxylation is 1. The van der Waals surface area contributed by atoms with Crippen LogP contribution >= 0.6 is 0 Å². The van der Waals surface area contributed by atoms with E-state index in [9.17, 15) is 9.59 Å². The number of hydrogen-bond donors (Lipinski definition) is 1. The third kappa shape index (κ3) is 4.45. The van der Waals surface area contributed by atoms with Gasteiger partial charge in [-0.05, 0) is 37.8 Å². The molecule has 6 heteroatoms. The SMILES string of the molecule is Cc1ccc2ncc(C(=O)NCCCOC3CCCCC3)c(=O)n2c1. The molecule has 0 bridgehead atoms. The van der Waals surface area contributed by atoms with Crippen LogP contribution in [0.3, 0.4) is 0 Å². The fourth-order valence-electron chi connectivity index (χ4n) is 3.19. The van der Waals surface area contributed by atoms with E-state index in [1.165, 1.54) is 29.9 Å². The van der Waals surface area contributed by atoms with E-state index in [1.807, 2.05) is 13.0 Å². The Morgan fingerprint density at radius 1 is 1.32 bits per heavy atom. The standard InChI is InChI=1S/C19H25N3O3/c1-14-8-9-17-21-12-16(19(24)22(17)13-14)18(23)20-10-5-11-25-15-6-3-2-4-7-15/h8-9,12-13,15H,2-7,10-11H2,1H3,(H,20,23). The zero-order chi connectivity index (χ0) is 17.6. The van der Waals surface area contributed by atoms with Gasteiger partial charge in [-0.25, -0.2) is 4.98 Å². The van der Waals surface area contributed by atoms with E-state index >= 15 is 0 Å². The lowest BCUT2D eigenvalue weighted by Crippen LogP contribution is -2.32. The fourth-order valence-corrected chi connectivity index (χ4v) is 3.19. The highest BCUT2D eigenvalue weighted by Gasteiger charge is 2.14. The van der Waals surface area contributed by atoms with E-state index in [4.69, 9.17) is 4.74 Å². The molecule has 2 aromatic heterocycles. The quantitative estimate of drug-likeness (QED) is 0.818. The molecule has 2 aromatic rings. The molecule has 25 heavy (non-hydrogen) atoms. The second kappa shape index (κ2) is 8.25. The molecule has 1 aliphatic carbocycles. The van der Waals surface area contributed by atoms with Crippen molar-refractivity contribution < 1.29 is 9.53 Å². The van der Waals surface area contributed by atoms with Crippen LogP contribution in [0.15, 0.2) is 29.3 Å². The number of ether oxygens (including phenoxy) is 1. The Bertz CT molecular complexity index is 794. The minimum absolute atomic E-state index is 0.0660. The van der Waals surface area contributed by atoms with E-state index in [0.717, 1.165) is 24.8 Å². The van der Waals surface area contributed by atoms with Crippen molar-refractivity contribution in [3.05, 3.63) is 46.0 Å². The highest BCUT2D eigenvalue weighted by atomic mass is 16.5. The molecule has 0 atom stereocenters. The van der Waals surface area contributed by atoms with Crippen molar-refractivity contribution in [1.82, 2.24) is 14.7 Å². The molecule has 0 unspecified atom stereocenters. The van der Waals surface area contributed by atoms with Gasteiger partial charge >= 0.3 is 0 Å². The number of nitrogens with one attached hydrogen (secondary N) is 1. The molecule has 1 N–H and O–H groups in total. The van der Waals surface area contributed by atoms with E-state index in [1.54, 1.807) is 12.3 Å². The monoisotopic (exact) mass is 343 g/mol. The Morgan fingerprint density at radius 2 is 2.12 bits per heavy atom. The number of carbonyl (C=O) groups excluding carboxylic acids is 1. The maximum absolute atomic E-state index is 12.5. The number of rotatable bonds is 6. The van der Waals surface area contributed by atoms with Gasteiger partial charge in [0, 0.05) is 25.5 Å². The Labute approximate surface area is 147 Å². The van der Waals surface area contributed by atoms with Crippen LogP contribution < -0.4 is 10.9 Å². The summed E-state index contributed by atoms with van der Waals surface area (Å²) in [4.78, 5) is 28.9. The van der Waals surface area contributed by atoms with Crippen molar-refractivity contribution in [2.75, 3.05) is 13.2 Å². The van der Waals surface area contributed by atoms with Gasteiger partial charge in [0.15, 0.2) is 0 Å². The van der Waals surface area contributed by atoms with Gasteiger partial charge in [-0.2, -0.15) is 0 Å². The topological polar surface area (TPSA) is 72.7 Å². The molecule has 0 spiro atoms. The zero-order valence-electron chi connectivity index (χ0n) is 14.7. The maximum atomic E-state index is 12.5. The molecule has 6 nitrogen and oxygen atoms in total. The van der Waals surface area contributed by atoms with Crippen LogP contribution in [0.25, 0.3) is 5.65 Å². The van der Waals surface area contributed by atoms with E-state index in [0.29, 0.717) is 24.9 Å². The summed E-state index contributed by atoms with van der Waals surface area (Å²) in [6.45, 7) is 3.02. The average Bonchev–Trinajstić information content (AvgIpc) is 2.63. The number of aromatic nitrogens is 2. The Kier molecular flexibility index (Phi) is 5.81. The van der Waals surface area contributed by atoms with Crippen molar-refractivity contribution in [2.45, 2.75) is 51.6 Å². The molecule has 0 aromatic carbocycles. The Balaban J connectivity index is 1.52. The molecule has 2 heterocycles. The zero-order valence-corrected chi connectivity index (χ0v) is 14.7. The molecule has 0 saturated heterocycles. The first-order valence-electron chi connectivity index (χ1n) is 9.03. The lowest BCUT2D eigenvalue weighted by atomic mass is 9.98. The summed E-state index contributed by atoms with van der Waals surface area (Å²) in [5.41, 5.74) is 1.20. The average molecular weight is 343 g/mol. The minimum atomic E-state index is -0.383. The molecule has 0 aliphatic heterocycles. The lowest BCUT2D eigenvalue weighted by molar-refractivity contribution is 0.0273. The Morgan fingerprint density at radius 3 is 2.92 bits per heavy atom. The first-order valence-corrected chi connectivity index (χ1v) is 9.03. The van der Waals surface area contributed by atoms with Gasteiger partial charge in [0.25, 0.3) is 11.5 Å². The van der Waals surface area contributed by atoms with Crippen LogP contribution in [0.2, 0.25) is 0 Å². The highest BCUT2D eigenvalue weighted by molar-refractivity contribution is 5.93. The van der Waals surface area contributed by atoms with E-state index in [2.05, 4.69) is 10.3 Å². The van der Waals surface area contributed by atoms with E-state index < -0.39 is 0 Å². The molecular weight excluding hydrogens is 318 g/mol. The van der Waals surface area contributed by atoms with Gasteiger partial charge in [-0.3, -0.25) is 14.0 Å². The predicted octanol–water partition coefficient (Wildman–Crippen LogP) is 2.47. The molecule has 0 radical (unpaired) electrons. The summed E-state index contributed by atoms with van der Waals surface area (Å²) in [5, 5.41) is 2.78. The number of amides is 1. The normalized spacial score (nSPS) is 15.4. The van der Waals surface area contributed by atoms with Crippen LogP contribution in [0, 0.1) is 6.92 Å². The summed E-state index contributed by atoms with van der Waals surface area (Å²) in [6.07, 6.45) is 10.3. The predicted molar refractivity (Wildman–Crippen MR) is 96.0 cm³/mol. The van der Waals surface area contributed by atoms with Gasteiger partial charge in [0.05, 0.1) is 6.10 Å². The van der Waals surface area contributed by atoms with Crippen molar-refractivity contribution in [2.24, 2.45) is 0 Å². The third-order valence-corrected chi connectivity index (χ3v) is 4.61. The number of nitrogens with zero attached hydrogens (tertiary/aromatic N) is 2. The summed E-state index contributed by atoms with van der Waals surface area (Å²) < 4.78 is 7.25. The first kappa shape index (κ1) is 17.6. The largest absolute Gasteiger partial charge is 0.378 e. The molecule has 1 amide bonds. The van der Waals surface area contributed by atoms with Crippen LogP contribution in [-0.4, -0.2) is 34.5 Å². The molecule has 134 valence electrons. The van der Waals surface area contributed by atoms with Crippen molar-refractivity contribution >= 4 is 11.6 Å². The first-order chi connectivity index (χ1) is 12.1. The van der Waals surface area contributed by atoms with Crippen molar-refractivity contribution in [3.63, 3.8) is 0 Å². The lowest BCUT2D eigenvalue weighted by Gasteiger charge is -2.21. The van der Waals surface area contributed by atoms with Crippen LogP contribution in [0.4, 0.5) is 0 Å². The Hall–Kier alpha value is -2.21. The van der Waals surface area contributed by atoms with E-state index in [-0.39, 0.29) is 17.0 Å². The van der Waals surface area contributed by atoms with Gasteiger partial charge in [-0.1, -0.05) is 25.3 Å². The highest BCUT2D eigenvalue weighted by Crippen LogP contribution is 2.20. The molecule has 1 aliphatic rings.